The number of alkyl halides is 2. The van der Waals surface area contributed by atoms with Crippen LogP contribution in [0.25, 0.3) is 0 Å². The van der Waals surface area contributed by atoms with Crippen LogP contribution in [0, 0.1) is 5.92 Å². The molecule has 13 heavy (non-hydrogen) atoms. The fourth-order valence-corrected chi connectivity index (χ4v) is 2.00. The number of halogens is 2. The molecule has 1 nitrogen and oxygen atoms in total. The van der Waals surface area contributed by atoms with Gasteiger partial charge in [-0.15, -0.1) is 0 Å². The lowest BCUT2D eigenvalue weighted by molar-refractivity contribution is -0.0549. The van der Waals surface area contributed by atoms with Gasteiger partial charge in [-0.3, -0.25) is 0 Å². The van der Waals surface area contributed by atoms with Crippen LogP contribution < -0.4 is 0 Å². The summed E-state index contributed by atoms with van der Waals surface area (Å²) in [5.41, 5.74) is 0. The van der Waals surface area contributed by atoms with Gasteiger partial charge in [-0.05, 0) is 32.1 Å². The first-order valence-corrected chi connectivity index (χ1v) is 5.05. The molecule has 1 rings (SSSR count). The molecule has 0 aromatic carbocycles. The van der Waals surface area contributed by atoms with Gasteiger partial charge >= 0.3 is 0 Å². The Kier molecular flexibility index (Phi) is 3.65. The fourth-order valence-electron chi connectivity index (χ4n) is 2.00. The highest BCUT2D eigenvalue weighted by Crippen LogP contribution is 2.38. The molecule has 1 aliphatic carbocycles. The minimum absolute atomic E-state index is 0.0275. The van der Waals surface area contributed by atoms with Crippen LogP contribution >= 0.6 is 0 Å². The van der Waals surface area contributed by atoms with Gasteiger partial charge < -0.3 is 5.11 Å². The Morgan fingerprint density at radius 2 is 2.23 bits per heavy atom. The Morgan fingerprint density at radius 3 is 2.77 bits per heavy atom. The minimum Gasteiger partial charge on any atom is -0.393 e. The first kappa shape index (κ1) is 10.9. The Hall–Kier alpha value is -0.180. The van der Waals surface area contributed by atoms with Crippen LogP contribution in [-0.2, 0) is 0 Å². The fraction of sp³-hybridized carbons (Fsp3) is 1.00. The van der Waals surface area contributed by atoms with Crippen molar-refractivity contribution >= 4 is 0 Å². The molecule has 1 saturated carbocycles. The van der Waals surface area contributed by atoms with Gasteiger partial charge in [-0.2, -0.15) is 0 Å². The zero-order valence-corrected chi connectivity index (χ0v) is 8.10. The maximum Gasteiger partial charge on any atom is 0.248 e. The molecular formula is C10H18F2O. The molecule has 0 amide bonds. The summed E-state index contributed by atoms with van der Waals surface area (Å²) in [5.74, 6) is -2.32. The number of aliphatic hydroxyl groups is 1. The monoisotopic (exact) mass is 192 g/mol. The van der Waals surface area contributed by atoms with Gasteiger partial charge in [0.05, 0.1) is 6.10 Å². The number of aliphatic hydroxyl groups excluding tert-OH is 1. The van der Waals surface area contributed by atoms with Gasteiger partial charge in [0, 0.05) is 12.8 Å². The Morgan fingerprint density at radius 1 is 1.54 bits per heavy atom. The van der Waals surface area contributed by atoms with Crippen molar-refractivity contribution in [3.8, 4) is 0 Å². The summed E-state index contributed by atoms with van der Waals surface area (Å²) < 4.78 is 25.8. The molecule has 0 aromatic rings. The van der Waals surface area contributed by atoms with E-state index in [1.807, 2.05) is 0 Å². The maximum absolute atomic E-state index is 12.9. The summed E-state index contributed by atoms with van der Waals surface area (Å²) in [6, 6.07) is 0. The van der Waals surface area contributed by atoms with Crippen LogP contribution in [-0.4, -0.2) is 17.1 Å². The molecule has 0 aliphatic heterocycles. The molecule has 0 aromatic heterocycles. The molecule has 0 spiro atoms. The van der Waals surface area contributed by atoms with Gasteiger partial charge in [0.2, 0.25) is 5.92 Å². The second kappa shape index (κ2) is 4.36. The molecule has 1 aliphatic rings. The van der Waals surface area contributed by atoms with Gasteiger partial charge in [0.25, 0.3) is 0 Å². The van der Waals surface area contributed by atoms with E-state index in [2.05, 4.69) is 0 Å². The zero-order chi connectivity index (χ0) is 9.90. The van der Waals surface area contributed by atoms with Crippen molar-refractivity contribution in [2.45, 2.75) is 57.5 Å². The van der Waals surface area contributed by atoms with E-state index in [4.69, 9.17) is 5.11 Å². The van der Waals surface area contributed by atoms with E-state index in [1.54, 1.807) is 6.92 Å². The van der Waals surface area contributed by atoms with E-state index in [9.17, 15) is 8.78 Å². The quantitative estimate of drug-likeness (QED) is 0.728. The molecule has 3 heteroatoms. The average Bonchev–Trinajstić information content (AvgIpc) is 1.99. The van der Waals surface area contributed by atoms with Crippen LogP contribution in [0.1, 0.15) is 45.4 Å². The first-order valence-electron chi connectivity index (χ1n) is 5.05. The third kappa shape index (κ3) is 4.03. The summed E-state index contributed by atoms with van der Waals surface area (Å²) in [7, 11) is 0. The molecule has 78 valence electrons. The minimum atomic E-state index is -2.44. The summed E-state index contributed by atoms with van der Waals surface area (Å²) in [5, 5.41) is 9.03. The standard InChI is InChI=1S/C10H18F2O/c1-8(13)4-5-9-3-2-6-10(11,12)7-9/h8-9,13H,2-7H2,1H3. The predicted octanol–water partition coefficient (Wildman–Crippen LogP) is 2.97. The molecule has 0 radical (unpaired) electrons. The molecule has 2 atom stereocenters. The molecule has 0 bridgehead atoms. The van der Waals surface area contributed by atoms with Crippen LogP contribution in [0.15, 0.2) is 0 Å². The summed E-state index contributed by atoms with van der Waals surface area (Å²) >= 11 is 0. The maximum atomic E-state index is 12.9. The lowest BCUT2D eigenvalue weighted by Crippen LogP contribution is -2.26. The smallest absolute Gasteiger partial charge is 0.248 e. The van der Waals surface area contributed by atoms with E-state index in [-0.39, 0.29) is 24.9 Å². The van der Waals surface area contributed by atoms with E-state index < -0.39 is 5.92 Å². The van der Waals surface area contributed by atoms with Crippen LogP contribution in [0.5, 0.6) is 0 Å². The third-order valence-electron chi connectivity index (χ3n) is 2.73. The lowest BCUT2D eigenvalue weighted by atomic mass is 9.83. The Labute approximate surface area is 78.1 Å². The van der Waals surface area contributed by atoms with Gasteiger partial charge in [0.15, 0.2) is 0 Å². The molecular weight excluding hydrogens is 174 g/mol. The summed E-state index contributed by atoms with van der Waals surface area (Å²) in [4.78, 5) is 0. The number of hydrogen-bond donors (Lipinski definition) is 1. The second-order valence-corrected chi connectivity index (χ2v) is 4.24. The van der Waals surface area contributed by atoms with Crippen molar-refractivity contribution in [1.29, 1.82) is 0 Å². The Bertz CT molecular complexity index is 157. The molecule has 0 saturated heterocycles. The predicted molar refractivity (Wildman–Crippen MR) is 47.8 cm³/mol. The SMILES string of the molecule is CC(O)CCC1CCCC(F)(F)C1. The molecule has 1 N–H and O–H groups in total. The third-order valence-corrected chi connectivity index (χ3v) is 2.73. The van der Waals surface area contributed by atoms with Crippen LogP contribution in [0.3, 0.4) is 0 Å². The van der Waals surface area contributed by atoms with E-state index >= 15 is 0 Å². The molecule has 0 heterocycles. The number of rotatable bonds is 3. The van der Waals surface area contributed by atoms with Crippen LogP contribution in [0.2, 0.25) is 0 Å². The highest BCUT2D eigenvalue weighted by molar-refractivity contribution is 4.78. The second-order valence-electron chi connectivity index (χ2n) is 4.24. The van der Waals surface area contributed by atoms with Crippen molar-refractivity contribution in [3.63, 3.8) is 0 Å². The summed E-state index contributed by atoms with van der Waals surface area (Å²) in [6.07, 6.45) is 2.67. The number of hydrogen-bond acceptors (Lipinski definition) is 1. The van der Waals surface area contributed by atoms with E-state index in [1.165, 1.54) is 0 Å². The normalized spacial score (nSPS) is 30.0. The zero-order valence-electron chi connectivity index (χ0n) is 8.10. The highest BCUT2D eigenvalue weighted by atomic mass is 19.3. The molecule has 2 unspecified atom stereocenters. The first-order chi connectivity index (χ1) is 5.99. The van der Waals surface area contributed by atoms with Crippen molar-refractivity contribution in [2.24, 2.45) is 5.92 Å². The van der Waals surface area contributed by atoms with E-state index in [0.29, 0.717) is 12.8 Å². The lowest BCUT2D eigenvalue weighted by Gasteiger charge is -2.29. The van der Waals surface area contributed by atoms with Gasteiger partial charge in [-0.1, -0.05) is 6.42 Å². The van der Waals surface area contributed by atoms with Gasteiger partial charge in [0.1, 0.15) is 0 Å². The van der Waals surface area contributed by atoms with Crippen molar-refractivity contribution in [3.05, 3.63) is 0 Å². The van der Waals surface area contributed by atoms with E-state index in [0.717, 1.165) is 12.8 Å². The average molecular weight is 192 g/mol. The van der Waals surface area contributed by atoms with Crippen LogP contribution in [0.4, 0.5) is 8.78 Å². The Balaban J connectivity index is 2.26. The largest absolute Gasteiger partial charge is 0.393 e. The van der Waals surface area contributed by atoms with Crippen molar-refractivity contribution < 1.29 is 13.9 Å². The summed E-state index contributed by atoms with van der Waals surface area (Å²) in [6.45, 7) is 1.71. The topological polar surface area (TPSA) is 20.2 Å². The van der Waals surface area contributed by atoms with Gasteiger partial charge in [-0.25, -0.2) is 8.78 Å². The van der Waals surface area contributed by atoms with Crippen molar-refractivity contribution in [1.82, 2.24) is 0 Å². The molecule has 1 fully saturated rings. The highest BCUT2D eigenvalue weighted by Gasteiger charge is 2.35. The van der Waals surface area contributed by atoms with Crippen molar-refractivity contribution in [2.75, 3.05) is 0 Å².